The fraction of sp³-hybridized carbons (Fsp3) is 0.556. The number of amides is 1. The van der Waals surface area contributed by atoms with Crippen LogP contribution in [0.2, 0.25) is 0 Å². The number of unbranched alkanes of at least 4 members (excludes halogenated alkanes) is 1. The molecule has 0 atom stereocenters. The normalized spacial score (nSPS) is 12.5. The summed E-state index contributed by atoms with van der Waals surface area (Å²) < 4.78 is 0. The maximum Gasteiger partial charge on any atom is 0.244 e. The van der Waals surface area contributed by atoms with Crippen molar-refractivity contribution in [3.8, 4) is 0 Å². The zero-order valence-electron chi connectivity index (χ0n) is 14.0. The van der Waals surface area contributed by atoms with E-state index in [1.807, 2.05) is 25.2 Å². The summed E-state index contributed by atoms with van der Waals surface area (Å²) >= 11 is 0. The van der Waals surface area contributed by atoms with Crippen molar-refractivity contribution in [2.45, 2.75) is 58.5 Å². The van der Waals surface area contributed by atoms with Gasteiger partial charge in [-0.15, -0.1) is 0 Å². The minimum absolute atomic E-state index is 0.215. The summed E-state index contributed by atoms with van der Waals surface area (Å²) in [5.74, 6) is 0.0878. The molecule has 0 aliphatic heterocycles. The molecule has 0 unspecified atom stereocenters. The first-order valence-corrected chi connectivity index (χ1v) is 7.85. The van der Waals surface area contributed by atoms with E-state index < -0.39 is 5.60 Å². The van der Waals surface area contributed by atoms with Crippen LogP contribution in [-0.2, 0) is 9.59 Å². The molecular formula is C18H29NO3. The lowest BCUT2D eigenvalue weighted by molar-refractivity contribution is -0.119. The van der Waals surface area contributed by atoms with E-state index in [0.29, 0.717) is 18.6 Å². The first kappa shape index (κ1) is 20.3. The van der Waals surface area contributed by atoms with Gasteiger partial charge in [0.15, 0.2) is 0 Å². The second kappa shape index (κ2) is 11.9. The van der Waals surface area contributed by atoms with Crippen molar-refractivity contribution < 1.29 is 14.7 Å². The van der Waals surface area contributed by atoms with Gasteiger partial charge in [0.2, 0.25) is 5.91 Å². The summed E-state index contributed by atoms with van der Waals surface area (Å²) in [5, 5.41) is 12.1. The Morgan fingerprint density at radius 2 is 1.68 bits per heavy atom. The van der Waals surface area contributed by atoms with Crippen LogP contribution in [0.5, 0.6) is 0 Å². The van der Waals surface area contributed by atoms with E-state index in [2.05, 4.69) is 11.4 Å². The standard InChI is InChI=1S/C18H29NO3/c1-4-16(20)13-11-9-7-5-6-8-10-12-14-17(21)19-15-18(2,3)22/h7-10,12,14,22H,4-6,11,13,15H2,1-3H3,(H,19,21). The molecular weight excluding hydrogens is 278 g/mol. The van der Waals surface area contributed by atoms with E-state index in [4.69, 9.17) is 0 Å². The summed E-state index contributed by atoms with van der Waals surface area (Å²) in [5.41, 5.74) is -0.895. The van der Waals surface area contributed by atoms with E-state index in [1.165, 1.54) is 6.08 Å². The molecule has 4 heteroatoms. The number of carbonyl (C=O) groups excluding carboxylic acids is 2. The third-order valence-electron chi connectivity index (χ3n) is 2.84. The van der Waals surface area contributed by atoms with E-state index in [1.54, 1.807) is 19.9 Å². The highest BCUT2D eigenvalue weighted by Crippen LogP contribution is 1.99. The molecule has 0 heterocycles. The van der Waals surface area contributed by atoms with E-state index in [-0.39, 0.29) is 12.5 Å². The number of nitrogens with one attached hydrogen (secondary N) is 1. The molecule has 0 saturated carbocycles. The van der Waals surface area contributed by atoms with Crippen LogP contribution in [-0.4, -0.2) is 28.9 Å². The number of carbonyl (C=O) groups is 2. The van der Waals surface area contributed by atoms with Crippen molar-refractivity contribution >= 4 is 11.7 Å². The maximum atomic E-state index is 11.4. The highest BCUT2D eigenvalue weighted by Gasteiger charge is 2.12. The van der Waals surface area contributed by atoms with Crippen molar-refractivity contribution in [3.05, 3.63) is 36.5 Å². The van der Waals surface area contributed by atoms with Gasteiger partial charge in [0.25, 0.3) is 0 Å². The van der Waals surface area contributed by atoms with Crippen molar-refractivity contribution in [1.29, 1.82) is 0 Å². The van der Waals surface area contributed by atoms with Gasteiger partial charge in [-0.2, -0.15) is 0 Å². The van der Waals surface area contributed by atoms with E-state index in [0.717, 1.165) is 19.3 Å². The van der Waals surface area contributed by atoms with Gasteiger partial charge in [-0.3, -0.25) is 9.59 Å². The zero-order valence-corrected chi connectivity index (χ0v) is 14.0. The van der Waals surface area contributed by atoms with Gasteiger partial charge >= 0.3 is 0 Å². The molecule has 0 aliphatic rings. The van der Waals surface area contributed by atoms with Gasteiger partial charge in [0.05, 0.1) is 5.60 Å². The highest BCUT2D eigenvalue weighted by atomic mass is 16.3. The Morgan fingerprint density at radius 1 is 1.05 bits per heavy atom. The van der Waals surface area contributed by atoms with Gasteiger partial charge in [-0.05, 0) is 33.1 Å². The van der Waals surface area contributed by atoms with Crippen LogP contribution in [0.1, 0.15) is 52.9 Å². The van der Waals surface area contributed by atoms with Gasteiger partial charge in [0.1, 0.15) is 5.78 Å². The highest BCUT2D eigenvalue weighted by molar-refractivity contribution is 5.87. The Labute approximate surface area is 134 Å². The topological polar surface area (TPSA) is 66.4 Å². The predicted octanol–water partition coefficient (Wildman–Crippen LogP) is 3.08. The van der Waals surface area contributed by atoms with Crippen LogP contribution in [0, 0.1) is 0 Å². The smallest absolute Gasteiger partial charge is 0.244 e. The molecule has 0 aromatic carbocycles. The SMILES string of the molecule is CCC(=O)CCC=CCCC=CC=CC(=O)NCC(C)(C)O. The monoisotopic (exact) mass is 307 g/mol. The lowest BCUT2D eigenvalue weighted by Gasteiger charge is -2.16. The average Bonchev–Trinajstić information content (AvgIpc) is 2.46. The van der Waals surface area contributed by atoms with E-state index >= 15 is 0 Å². The Balaban J connectivity index is 3.69. The van der Waals surface area contributed by atoms with Crippen LogP contribution in [0.4, 0.5) is 0 Å². The first-order chi connectivity index (χ1) is 10.3. The lowest BCUT2D eigenvalue weighted by Crippen LogP contribution is -2.37. The molecule has 0 fully saturated rings. The number of aliphatic hydroxyl groups is 1. The van der Waals surface area contributed by atoms with Crippen LogP contribution in [0.3, 0.4) is 0 Å². The third kappa shape index (κ3) is 14.7. The van der Waals surface area contributed by atoms with Crippen molar-refractivity contribution in [2.75, 3.05) is 6.54 Å². The quantitative estimate of drug-likeness (QED) is 0.267. The molecule has 4 nitrogen and oxygen atoms in total. The number of hydrogen-bond donors (Lipinski definition) is 2. The molecule has 0 aromatic rings. The molecule has 0 rings (SSSR count). The largest absolute Gasteiger partial charge is 0.389 e. The van der Waals surface area contributed by atoms with Crippen molar-refractivity contribution in [3.63, 3.8) is 0 Å². The Bertz CT molecular complexity index is 415. The number of Topliss-reactive ketones (excluding diaryl/α,β-unsaturated/α-hetero) is 1. The fourth-order valence-corrected chi connectivity index (χ4v) is 1.53. The minimum Gasteiger partial charge on any atom is -0.389 e. The fourth-order valence-electron chi connectivity index (χ4n) is 1.53. The van der Waals surface area contributed by atoms with Crippen LogP contribution < -0.4 is 5.32 Å². The minimum atomic E-state index is -0.895. The molecule has 124 valence electrons. The second-order valence-corrected chi connectivity index (χ2v) is 5.80. The molecule has 0 aromatic heterocycles. The molecule has 2 N–H and O–H groups in total. The Kier molecular flexibility index (Phi) is 11.0. The summed E-state index contributed by atoms with van der Waals surface area (Å²) in [6.45, 7) is 5.39. The molecule has 0 radical (unpaired) electrons. The molecule has 1 amide bonds. The summed E-state index contributed by atoms with van der Waals surface area (Å²) in [6, 6.07) is 0. The lowest BCUT2D eigenvalue weighted by atomic mass is 10.1. The Morgan fingerprint density at radius 3 is 2.32 bits per heavy atom. The number of rotatable bonds is 11. The molecule has 0 bridgehead atoms. The zero-order chi connectivity index (χ0) is 16.8. The Hall–Kier alpha value is -1.68. The summed E-state index contributed by atoms with van der Waals surface area (Å²) in [6.07, 6.45) is 14.9. The van der Waals surface area contributed by atoms with Crippen LogP contribution >= 0.6 is 0 Å². The average molecular weight is 307 g/mol. The van der Waals surface area contributed by atoms with Crippen molar-refractivity contribution in [2.24, 2.45) is 0 Å². The molecule has 22 heavy (non-hydrogen) atoms. The number of ketones is 1. The van der Waals surface area contributed by atoms with E-state index in [9.17, 15) is 14.7 Å². The van der Waals surface area contributed by atoms with Crippen molar-refractivity contribution in [1.82, 2.24) is 5.32 Å². The maximum absolute atomic E-state index is 11.4. The van der Waals surface area contributed by atoms with Crippen LogP contribution in [0.15, 0.2) is 36.5 Å². The predicted molar refractivity (Wildman–Crippen MR) is 90.5 cm³/mol. The van der Waals surface area contributed by atoms with Gasteiger partial charge in [-0.25, -0.2) is 0 Å². The van der Waals surface area contributed by atoms with Gasteiger partial charge in [-0.1, -0.05) is 37.3 Å². The van der Waals surface area contributed by atoms with Gasteiger partial charge in [0, 0.05) is 25.5 Å². The first-order valence-electron chi connectivity index (χ1n) is 7.85. The number of hydrogen-bond acceptors (Lipinski definition) is 3. The summed E-state index contributed by atoms with van der Waals surface area (Å²) in [7, 11) is 0. The van der Waals surface area contributed by atoms with Crippen LogP contribution in [0.25, 0.3) is 0 Å². The molecule has 0 saturated heterocycles. The molecule has 0 aliphatic carbocycles. The molecule has 0 spiro atoms. The third-order valence-corrected chi connectivity index (χ3v) is 2.84. The van der Waals surface area contributed by atoms with Gasteiger partial charge < -0.3 is 10.4 Å². The number of allylic oxidation sites excluding steroid dienone is 5. The summed E-state index contributed by atoms with van der Waals surface area (Å²) in [4.78, 5) is 22.5. The second-order valence-electron chi connectivity index (χ2n) is 5.80.